The standard InChI is InChI=1S/C19H18F2N4O/c20-18(21)19-24-15-5-4-13(9-16(15)25-19)23-17(26)8-11-2-1-3-12-10-22-7-6-14(11)12/h1-5,9,18,22H,6-8,10H2,(H,23,26)(H,24,25). The number of aromatic amines is 1. The Kier molecular flexibility index (Phi) is 4.38. The van der Waals surface area contributed by atoms with Gasteiger partial charge >= 0.3 is 0 Å². The maximum Gasteiger partial charge on any atom is 0.295 e. The van der Waals surface area contributed by atoms with Gasteiger partial charge in [0.1, 0.15) is 0 Å². The number of anilines is 1. The molecule has 4 rings (SSSR count). The molecule has 0 saturated carbocycles. The molecule has 0 unspecified atom stereocenters. The smallest absolute Gasteiger partial charge is 0.295 e. The number of hydrogen-bond acceptors (Lipinski definition) is 3. The number of H-pyrrole nitrogens is 1. The van der Waals surface area contributed by atoms with Crippen molar-refractivity contribution in [1.29, 1.82) is 0 Å². The summed E-state index contributed by atoms with van der Waals surface area (Å²) in [6.45, 7) is 1.74. The molecule has 134 valence electrons. The molecule has 1 aliphatic rings. The number of nitrogens with one attached hydrogen (secondary N) is 3. The highest BCUT2D eigenvalue weighted by Crippen LogP contribution is 2.23. The quantitative estimate of drug-likeness (QED) is 0.672. The molecule has 2 heterocycles. The van der Waals surface area contributed by atoms with Crippen LogP contribution in [-0.4, -0.2) is 22.4 Å². The van der Waals surface area contributed by atoms with Crippen LogP contribution in [0.5, 0.6) is 0 Å². The van der Waals surface area contributed by atoms with Crippen molar-refractivity contribution in [2.24, 2.45) is 0 Å². The van der Waals surface area contributed by atoms with E-state index < -0.39 is 6.43 Å². The van der Waals surface area contributed by atoms with Crippen LogP contribution in [0.2, 0.25) is 0 Å². The van der Waals surface area contributed by atoms with E-state index in [0.717, 1.165) is 25.1 Å². The van der Waals surface area contributed by atoms with Gasteiger partial charge in [-0.3, -0.25) is 4.79 Å². The molecule has 7 heteroatoms. The van der Waals surface area contributed by atoms with Crippen molar-refractivity contribution in [2.45, 2.75) is 25.8 Å². The molecule has 1 amide bonds. The van der Waals surface area contributed by atoms with Crippen molar-refractivity contribution in [1.82, 2.24) is 15.3 Å². The number of carbonyl (C=O) groups is 1. The maximum absolute atomic E-state index is 12.7. The van der Waals surface area contributed by atoms with Crippen LogP contribution >= 0.6 is 0 Å². The van der Waals surface area contributed by atoms with E-state index in [1.54, 1.807) is 18.2 Å². The molecule has 0 spiro atoms. The highest BCUT2D eigenvalue weighted by molar-refractivity contribution is 5.94. The van der Waals surface area contributed by atoms with Gasteiger partial charge in [0, 0.05) is 12.2 Å². The lowest BCUT2D eigenvalue weighted by Crippen LogP contribution is -2.25. The molecular formula is C19H18F2N4O. The minimum atomic E-state index is -2.65. The molecule has 3 aromatic rings. The Bertz CT molecular complexity index is 967. The average molecular weight is 356 g/mol. The predicted molar refractivity (Wildman–Crippen MR) is 95.2 cm³/mol. The number of imidazole rings is 1. The van der Waals surface area contributed by atoms with Crippen molar-refractivity contribution < 1.29 is 13.6 Å². The zero-order valence-electron chi connectivity index (χ0n) is 14.0. The number of benzene rings is 2. The third-order valence-electron chi connectivity index (χ3n) is 4.58. The van der Waals surface area contributed by atoms with E-state index in [-0.39, 0.29) is 18.2 Å². The first-order chi connectivity index (χ1) is 12.6. The predicted octanol–water partition coefficient (Wildman–Crippen LogP) is 3.33. The van der Waals surface area contributed by atoms with Gasteiger partial charge in [0.05, 0.1) is 17.5 Å². The number of aromatic nitrogens is 2. The first kappa shape index (κ1) is 16.7. The number of rotatable bonds is 4. The van der Waals surface area contributed by atoms with Gasteiger partial charge < -0.3 is 15.6 Å². The minimum absolute atomic E-state index is 0.134. The molecule has 26 heavy (non-hydrogen) atoms. The molecule has 0 aliphatic carbocycles. The second-order valence-electron chi connectivity index (χ2n) is 6.36. The Morgan fingerprint density at radius 2 is 2.15 bits per heavy atom. The summed E-state index contributed by atoms with van der Waals surface area (Å²) in [7, 11) is 0. The van der Waals surface area contributed by atoms with Crippen molar-refractivity contribution in [3.63, 3.8) is 0 Å². The first-order valence-electron chi connectivity index (χ1n) is 8.48. The summed E-state index contributed by atoms with van der Waals surface area (Å²) in [6, 6.07) is 10.9. The van der Waals surface area contributed by atoms with Crippen molar-refractivity contribution >= 4 is 22.6 Å². The van der Waals surface area contributed by atoms with Gasteiger partial charge in [-0.2, -0.15) is 0 Å². The van der Waals surface area contributed by atoms with Crippen LogP contribution in [0.4, 0.5) is 14.5 Å². The van der Waals surface area contributed by atoms with Crippen LogP contribution in [0.15, 0.2) is 36.4 Å². The third kappa shape index (κ3) is 3.30. The Morgan fingerprint density at radius 3 is 3.00 bits per heavy atom. The molecule has 0 radical (unpaired) electrons. The molecule has 0 saturated heterocycles. The van der Waals surface area contributed by atoms with Gasteiger partial charge in [-0.25, -0.2) is 13.8 Å². The van der Waals surface area contributed by atoms with E-state index in [4.69, 9.17) is 0 Å². The van der Waals surface area contributed by atoms with Gasteiger partial charge in [-0.1, -0.05) is 18.2 Å². The highest BCUT2D eigenvalue weighted by atomic mass is 19.3. The third-order valence-corrected chi connectivity index (χ3v) is 4.58. The summed E-state index contributed by atoms with van der Waals surface area (Å²) < 4.78 is 25.5. The SMILES string of the molecule is O=C(Cc1cccc2c1CCNC2)Nc1ccc2nc(C(F)F)[nH]c2c1. The number of halogens is 2. The van der Waals surface area contributed by atoms with Gasteiger partial charge in [0.25, 0.3) is 6.43 Å². The molecule has 0 atom stereocenters. The second-order valence-corrected chi connectivity index (χ2v) is 6.36. The van der Waals surface area contributed by atoms with Gasteiger partial charge in [-0.15, -0.1) is 0 Å². The number of fused-ring (bicyclic) bond motifs is 2. The van der Waals surface area contributed by atoms with E-state index >= 15 is 0 Å². The van der Waals surface area contributed by atoms with E-state index in [2.05, 4.69) is 26.7 Å². The average Bonchev–Trinajstić information content (AvgIpc) is 3.06. The molecule has 1 aliphatic heterocycles. The summed E-state index contributed by atoms with van der Waals surface area (Å²) in [6.07, 6.45) is -1.46. The second kappa shape index (κ2) is 6.84. The van der Waals surface area contributed by atoms with Crippen molar-refractivity contribution in [3.05, 3.63) is 58.9 Å². The van der Waals surface area contributed by atoms with E-state index in [1.165, 1.54) is 11.1 Å². The number of amides is 1. The fourth-order valence-electron chi connectivity index (χ4n) is 3.37. The lowest BCUT2D eigenvalue weighted by molar-refractivity contribution is -0.115. The molecule has 1 aromatic heterocycles. The van der Waals surface area contributed by atoms with Gasteiger partial charge in [0.15, 0.2) is 5.82 Å². The van der Waals surface area contributed by atoms with Crippen LogP contribution in [0.3, 0.4) is 0 Å². The topological polar surface area (TPSA) is 69.8 Å². The van der Waals surface area contributed by atoms with Gasteiger partial charge in [0.2, 0.25) is 5.91 Å². The van der Waals surface area contributed by atoms with Gasteiger partial charge in [-0.05, 0) is 47.9 Å². The largest absolute Gasteiger partial charge is 0.337 e. The number of carbonyl (C=O) groups excluding carboxylic acids is 1. The van der Waals surface area contributed by atoms with E-state index in [1.807, 2.05) is 12.1 Å². The normalized spacial score (nSPS) is 13.8. The summed E-state index contributed by atoms with van der Waals surface area (Å²) in [5.74, 6) is -0.502. The fourth-order valence-corrected chi connectivity index (χ4v) is 3.37. The summed E-state index contributed by atoms with van der Waals surface area (Å²) in [5, 5.41) is 6.16. The fraction of sp³-hybridized carbons (Fsp3) is 0.263. The number of hydrogen-bond donors (Lipinski definition) is 3. The van der Waals surface area contributed by atoms with E-state index in [9.17, 15) is 13.6 Å². The monoisotopic (exact) mass is 356 g/mol. The lowest BCUT2D eigenvalue weighted by atomic mass is 9.93. The van der Waals surface area contributed by atoms with Crippen molar-refractivity contribution in [3.8, 4) is 0 Å². The Labute approximate surface area is 148 Å². The zero-order chi connectivity index (χ0) is 18.1. The Hall–Kier alpha value is -2.80. The molecule has 0 bridgehead atoms. The molecule has 0 fully saturated rings. The molecule has 2 aromatic carbocycles. The molecular weight excluding hydrogens is 338 g/mol. The summed E-state index contributed by atoms with van der Waals surface area (Å²) >= 11 is 0. The number of nitrogens with zero attached hydrogens (tertiary/aromatic N) is 1. The molecule has 5 nitrogen and oxygen atoms in total. The number of alkyl halides is 2. The minimum Gasteiger partial charge on any atom is -0.337 e. The van der Waals surface area contributed by atoms with Crippen molar-refractivity contribution in [2.75, 3.05) is 11.9 Å². The Morgan fingerprint density at radius 1 is 1.27 bits per heavy atom. The maximum atomic E-state index is 12.7. The van der Waals surface area contributed by atoms with Crippen LogP contribution in [-0.2, 0) is 24.2 Å². The zero-order valence-corrected chi connectivity index (χ0v) is 14.0. The molecule has 3 N–H and O–H groups in total. The van der Waals surface area contributed by atoms with E-state index in [0.29, 0.717) is 16.7 Å². The van der Waals surface area contributed by atoms with Crippen LogP contribution in [0, 0.1) is 0 Å². The summed E-state index contributed by atoms with van der Waals surface area (Å²) in [4.78, 5) is 18.8. The van der Waals surface area contributed by atoms with Crippen LogP contribution in [0.25, 0.3) is 11.0 Å². The highest BCUT2D eigenvalue weighted by Gasteiger charge is 2.16. The summed E-state index contributed by atoms with van der Waals surface area (Å²) in [5.41, 5.74) is 4.98. The Balaban J connectivity index is 1.51. The van der Waals surface area contributed by atoms with Crippen LogP contribution in [0.1, 0.15) is 28.9 Å². The first-order valence-corrected chi connectivity index (χ1v) is 8.48. The lowest BCUT2D eigenvalue weighted by Gasteiger charge is -2.20. The van der Waals surface area contributed by atoms with Crippen LogP contribution < -0.4 is 10.6 Å².